The van der Waals surface area contributed by atoms with Crippen LogP contribution in [-0.4, -0.2) is 37.6 Å². The summed E-state index contributed by atoms with van der Waals surface area (Å²) in [5, 5.41) is 2.92. The topological polar surface area (TPSA) is 58.6 Å². The number of hydrogen-bond acceptors (Lipinski definition) is 3. The number of rotatable bonds is 4. The van der Waals surface area contributed by atoms with Crippen molar-refractivity contribution in [3.63, 3.8) is 0 Å². The van der Waals surface area contributed by atoms with Crippen LogP contribution in [0.5, 0.6) is 0 Å². The number of hydrogen-bond donors (Lipinski definition) is 1. The van der Waals surface area contributed by atoms with Crippen LogP contribution in [0.3, 0.4) is 0 Å². The molecule has 0 spiro atoms. The van der Waals surface area contributed by atoms with E-state index in [1.807, 2.05) is 24.3 Å². The molecule has 1 N–H and O–H groups in total. The SMILES string of the molecule is O=C(NC[C@H]1CCCO1)[C@@H]1CC(=O)N(c2ccccc2Br)C1. The molecule has 0 aromatic heterocycles. The van der Waals surface area contributed by atoms with E-state index in [0.29, 0.717) is 13.1 Å². The van der Waals surface area contributed by atoms with E-state index in [0.717, 1.165) is 29.6 Å². The standard InChI is InChI=1S/C16H19BrN2O3/c17-13-5-1-2-6-14(13)19-10-11(8-15(19)20)16(21)18-9-12-4-3-7-22-12/h1-2,5-6,11-12H,3-4,7-10H2,(H,18,21)/t11-,12-/m1/s1. The van der Waals surface area contributed by atoms with Gasteiger partial charge in [-0.3, -0.25) is 9.59 Å². The Morgan fingerprint density at radius 1 is 1.41 bits per heavy atom. The normalized spacial score (nSPS) is 24.8. The van der Waals surface area contributed by atoms with Gasteiger partial charge < -0.3 is 15.0 Å². The van der Waals surface area contributed by atoms with Crippen LogP contribution >= 0.6 is 15.9 Å². The molecule has 0 bridgehead atoms. The Kier molecular flexibility index (Phi) is 4.78. The summed E-state index contributed by atoms with van der Waals surface area (Å²) in [6.07, 6.45) is 2.43. The molecular weight excluding hydrogens is 348 g/mol. The van der Waals surface area contributed by atoms with Gasteiger partial charge in [0.2, 0.25) is 11.8 Å². The second kappa shape index (κ2) is 6.79. The van der Waals surface area contributed by atoms with E-state index >= 15 is 0 Å². The molecule has 2 aliphatic rings. The second-order valence-corrected chi connectivity index (χ2v) is 6.59. The van der Waals surface area contributed by atoms with E-state index in [1.165, 1.54) is 0 Å². The molecular formula is C16H19BrN2O3. The average Bonchev–Trinajstić information content (AvgIpc) is 3.15. The van der Waals surface area contributed by atoms with Gasteiger partial charge in [-0.25, -0.2) is 0 Å². The first kappa shape index (κ1) is 15.5. The van der Waals surface area contributed by atoms with Gasteiger partial charge >= 0.3 is 0 Å². The second-order valence-electron chi connectivity index (χ2n) is 5.74. The lowest BCUT2D eigenvalue weighted by Crippen LogP contribution is -2.37. The summed E-state index contributed by atoms with van der Waals surface area (Å²) in [4.78, 5) is 26.1. The summed E-state index contributed by atoms with van der Waals surface area (Å²) < 4.78 is 6.36. The Balaban J connectivity index is 1.59. The summed E-state index contributed by atoms with van der Waals surface area (Å²) >= 11 is 3.46. The molecule has 5 nitrogen and oxygen atoms in total. The van der Waals surface area contributed by atoms with Gasteiger partial charge in [-0.05, 0) is 40.9 Å². The zero-order valence-electron chi connectivity index (χ0n) is 12.3. The minimum Gasteiger partial charge on any atom is -0.376 e. The van der Waals surface area contributed by atoms with Crippen molar-refractivity contribution in [3.8, 4) is 0 Å². The maximum absolute atomic E-state index is 12.3. The Morgan fingerprint density at radius 2 is 2.23 bits per heavy atom. The molecule has 2 atom stereocenters. The Morgan fingerprint density at radius 3 is 2.95 bits per heavy atom. The highest BCUT2D eigenvalue weighted by Crippen LogP contribution is 2.31. The first-order valence-electron chi connectivity index (χ1n) is 7.59. The maximum Gasteiger partial charge on any atom is 0.227 e. The third-order valence-electron chi connectivity index (χ3n) is 4.17. The molecule has 2 saturated heterocycles. The summed E-state index contributed by atoms with van der Waals surface area (Å²) in [7, 11) is 0. The molecule has 2 aliphatic heterocycles. The Hall–Kier alpha value is -1.40. The molecule has 2 amide bonds. The van der Waals surface area contributed by atoms with Gasteiger partial charge in [-0.1, -0.05) is 12.1 Å². The van der Waals surface area contributed by atoms with Gasteiger partial charge in [0.15, 0.2) is 0 Å². The number of amides is 2. The largest absolute Gasteiger partial charge is 0.376 e. The first-order chi connectivity index (χ1) is 10.6. The number of carbonyl (C=O) groups excluding carboxylic acids is 2. The van der Waals surface area contributed by atoms with E-state index < -0.39 is 0 Å². The number of nitrogens with zero attached hydrogens (tertiary/aromatic N) is 1. The number of carbonyl (C=O) groups is 2. The zero-order chi connectivity index (χ0) is 15.5. The first-order valence-corrected chi connectivity index (χ1v) is 8.38. The van der Waals surface area contributed by atoms with Crippen molar-refractivity contribution in [1.29, 1.82) is 0 Å². The van der Waals surface area contributed by atoms with Crippen LogP contribution in [0.25, 0.3) is 0 Å². The molecule has 1 aromatic carbocycles. The lowest BCUT2D eigenvalue weighted by molar-refractivity contribution is -0.126. The zero-order valence-corrected chi connectivity index (χ0v) is 13.8. The smallest absolute Gasteiger partial charge is 0.227 e. The molecule has 3 rings (SSSR count). The molecule has 22 heavy (non-hydrogen) atoms. The fourth-order valence-electron chi connectivity index (χ4n) is 2.95. The number of benzene rings is 1. The summed E-state index contributed by atoms with van der Waals surface area (Å²) in [5.74, 6) is -0.358. The van der Waals surface area contributed by atoms with E-state index in [2.05, 4.69) is 21.2 Å². The van der Waals surface area contributed by atoms with Crippen molar-refractivity contribution in [2.24, 2.45) is 5.92 Å². The van der Waals surface area contributed by atoms with Crippen molar-refractivity contribution in [3.05, 3.63) is 28.7 Å². The molecule has 0 radical (unpaired) electrons. The maximum atomic E-state index is 12.3. The van der Waals surface area contributed by atoms with Gasteiger partial charge in [0.25, 0.3) is 0 Å². The van der Waals surface area contributed by atoms with E-state index in [4.69, 9.17) is 4.74 Å². The van der Waals surface area contributed by atoms with Crippen molar-refractivity contribution >= 4 is 33.4 Å². The number of halogens is 1. The summed E-state index contributed by atoms with van der Waals surface area (Å²) in [5.41, 5.74) is 0.821. The van der Waals surface area contributed by atoms with Crippen LogP contribution < -0.4 is 10.2 Å². The quantitative estimate of drug-likeness (QED) is 0.887. The fraction of sp³-hybridized carbons (Fsp3) is 0.500. The van der Waals surface area contributed by atoms with Crippen molar-refractivity contribution < 1.29 is 14.3 Å². The van der Waals surface area contributed by atoms with Crippen LogP contribution in [0.2, 0.25) is 0 Å². The van der Waals surface area contributed by atoms with Crippen LogP contribution in [0.15, 0.2) is 28.7 Å². The Bertz CT molecular complexity index is 572. The molecule has 1 aromatic rings. The number of ether oxygens (including phenoxy) is 1. The highest BCUT2D eigenvalue weighted by molar-refractivity contribution is 9.10. The molecule has 2 heterocycles. The van der Waals surface area contributed by atoms with Crippen molar-refractivity contribution in [2.45, 2.75) is 25.4 Å². The molecule has 0 aliphatic carbocycles. The van der Waals surface area contributed by atoms with Gasteiger partial charge in [0.1, 0.15) is 0 Å². The van der Waals surface area contributed by atoms with E-state index in [1.54, 1.807) is 4.90 Å². The molecule has 118 valence electrons. The summed E-state index contributed by atoms with van der Waals surface area (Å²) in [6.45, 7) is 1.75. The van der Waals surface area contributed by atoms with Gasteiger partial charge in [0.05, 0.1) is 17.7 Å². The lowest BCUT2D eigenvalue weighted by atomic mass is 10.1. The number of para-hydroxylation sites is 1. The van der Waals surface area contributed by atoms with Crippen LogP contribution in [-0.2, 0) is 14.3 Å². The molecule has 2 fully saturated rings. The third-order valence-corrected chi connectivity index (χ3v) is 4.84. The van der Waals surface area contributed by atoms with Crippen LogP contribution in [0.1, 0.15) is 19.3 Å². The van der Waals surface area contributed by atoms with Gasteiger partial charge in [0, 0.05) is 30.6 Å². The molecule has 0 unspecified atom stereocenters. The minimum absolute atomic E-state index is 0.0100. The fourth-order valence-corrected chi connectivity index (χ4v) is 3.45. The van der Waals surface area contributed by atoms with Crippen LogP contribution in [0.4, 0.5) is 5.69 Å². The van der Waals surface area contributed by atoms with Gasteiger partial charge in [-0.2, -0.15) is 0 Å². The lowest BCUT2D eigenvalue weighted by Gasteiger charge is -2.18. The molecule has 0 saturated carbocycles. The van der Waals surface area contributed by atoms with E-state index in [-0.39, 0.29) is 30.3 Å². The average molecular weight is 367 g/mol. The number of anilines is 1. The van der Waals surface area contributed by atoms with Crippen LogP contribution in [0, 0.1) is 5.92 Å². The Labute approximate surface area is 138 Å². The molecule has 6 heteroatoms. The third kappa shape index (κ3) is 3.33. The monoisotopic (exact) mass is 366 g/mol. The minimum atomic E-state index is -0.291. The predicted octanol–water partition coefficient (Wildman–Crippen LogP) is 2.10. The van der Waals surface area contributed by atoms with Crippen molar-refractivity contribution in [1.82, 2.24) is 5.32 Å². The van der Waals surface area contributed by atoms with E-state index in [9.17, 15) is 9.59 Å². The number of nitrogens with one attached hydrogen (secondary N) is 1. The summed E-state index contributed by atoms with van der Waals surface area (Å²) in [6, 6.07) is 7.57. The highest BCUT2D eigenvalue weighted by atomic mass is 79.9. The van der Waals surface area contributed by atoms with Crippen molar-refractivity contribution in [2.75, 3.05) is 24.6 Å². The predicted molar refractivity (Wildman–Crippen MR) is 86.6 cm³/mol. The van der Waals surface area contributed by atoms with Gasteiger partial charge in [-0.15, -0.1) is 0 Å². The highest BCUT2D eigenvalue weighted by Gasteiger charge is 2.35.